The molecule has 8 nitrogen and oxygen atoms in total. The number of imidazole rings is 1. The van der Waals surface area contributed by atoms with Gasteiger partial charge in [-0.3, -0.25) is 9.78 Å². The molecule has 138 valence electrons. The predicted molar refractivity (Wildman–Crippen MR) is 101 cm³/mol. The fourth-order valence-corrected chi connectivity index (χ4v) is 3.41. The summed E-state index contributed by atoms with van der Waals surface area (Å²) in [7, 11) is 0. The minimum atomic E-state index is -0.0315. The second-order valence-corrected chi connectivity index (χ2v) is 6.63. The van der Waals surface area contributed by atoms with E-state index >= 15 is 0 Å². The van der Waals surface area contributed by atoms with Gasteiger partial charge in [0, 0.05) is 37.1 Å². The summed E-state index contributed by atoms with van der Waals surface area (Å²) in [5.74, 6) is 1.51. The number of carbonyl (C=O) groups is 1. The predicted octanol–water partition coefficient (Wildman–Crippen LogP) is 2.67. The van der Waals surface area contributed by atoms with Crippen molar-refractivity contribution in [1.29, 1.82) is 0 Å². The molecule has 1 aliphatic heterocycles. The van der Waals surface area contributed by atoms with E-state index in [1.54, 1.807) is 18.6 Å². The Hall–Kier alpha value is -3.29. The molecule has 4 rings (SSSR count). The lowest BCUT2D eigenvalue weighted by molar-refractivity contribution is 0.0700. The summed E-state index contributed by atoms with van der Waals surface area (Å²) in [5.41, 5.74) is 2.31. The minimum Gasteiger partial charge on any atom is -0.341 e. The molecule has 2 N–H and O–H groups in total. The summed E-state index contributed by atoms with van der Waals surface area (Å²) in [6.07, 6.45) is 8.32. The first-order valence-corrected chi connectivity index (χ1v) is 9.00. The van der Waals surface area contributed by atoms with Crippen molar-refractivity contribution in [1.82, 2.24) is 29.8 Å². The molecule has 3 aromatic heterocycles. The zero-order valence-corrected chi connectivity index (χ0v) is 15.1. The number of rotatable bonds is 4. The van der Waals surface area contributed by atoms with Crippen LogP contribution < -0.4 is 5.32 Å². The fourth-order valence-electron chi connectivity index (χ4n) is 3.41. The van der Waals surface area contributed by atoms with Gasteiger partial charge in [-0.1, -0.05) is 6.07 Å². The van der Waals surface area contributed by atoms with Crippen LogP contribution in [0.15, 0.2) is 43.1 Å². The summed E-state index contributed by atoms with van der Waals surface area (Å²) in [4.78, 5) is 34.8. The molecule has 1 fully saturated rings. The normalized spacial score (nSPS) is 16.9. The smallest absolute Gasteiger partial charge is 0.271 e. The van der Waals surface area contributed by atoms with Crippen molar-refractivity contribution in [2.75, 3.05) is 18.4 Å². The molecule has 8 heteroatoms. The number of likely N-dealkylation sites (tertiary alicyclic amines) is 1. The van der Waals surface area contributed by atoms with Crippen LogP contribution >= 0.6 is 0 Å². The third kappa shape index (κ3) is 3.79. The van der Waals surface area contributed by atoms with Crippen molar-refractivity contribution in [2.45, 2.75) is 25.7 Å². The molecule has 1 saturated heterocycles. The zero-order chi connectivity index (χ0) is 18.6. The van der Waals surface area contributed by atoms with Crippen LogP contribution in [-0.2, 0) is 0 Å². The largest absolute Gasteiger partial charge is 0.341 e. The Kier molecular flexibility index (Phi) is 4.78. The van der Waals surface area contributed by atoms with Crippen LogP contribution in [0.1, 0.15) is 40.6 Å². The van der Waals surface area contributed by atoms with E-state index in [-0.39, 0.29) is 11.8 Å². The Balaban J connectivity index is 1.55. The summed E-state index contributed by atoms with van der Waals surface area (Å²) >= 11 is 0. The Morgan fingerprint density at radius 3 is 3.00 bits per heavy atom. The van der Waals surface area contributed by atoms with Gasteiger partial charge in [0.1, 0.15) is 11.5 Å². The van der Waals surface area contributed by atoms with E-state index in [9.17, 15) is 4.79 Å². The number of H-pyrrole nitrogens is 1. The van der Waals surface area contributed by atoms with Crippen molar-refractivity contribution < 1.29 is 4.79 Å². The molecule has 1 atom stereocenters. The third-order valence-corrected chi connectivity index (χ3v) is 4.69. The van der Waals surface area contributed by atoms with Gasteiger partial charge in [-0.2, -0.15) is 0 Å². The Morgan fingerprint density at radius 1 is 1.30 bits per heavy atom. The standard InChI is InChI=1S/C19H21N7O/c1-13-4-2-6-16(24-13)25-18-17(21-7-8-22-18)14-5-3-9-26(11-14)19(27)15-10-20-12-23-15/h2,4,6-8,10,12,14H,3,5,9,11H2,1H3,(H,20,23)(H,22,24,25)/t14-/m0/s1. The molecular formula is C19H21N7O. The number of amides is 1. The lowest BCUT2D eigenvalue weighted by Gasteiger charge is -2.32. The number of pyridine rings is 1. The van der Waals surface area contributed by atoms with Crippen LogP contribution in [0.3, 0.4) is 0 Å². The number of aromatic nitrogens is 5. The SMILES string of the molecule is Cc1cccc(Nc2nccnc2[C@H]2CCCN(C(=O)c3cnc[nH]3)C2)n1. The van der Waals surface area contributed by atoms with Crippen molar-refractivity contribution in [3.05, 3.63) is 60.2 Å². The lowest BCUT2D eigenvalue weighted by atomic mass is 9.94. The summed E-state index contributed by atoms with van der Waals surface area (Å²) in [5, 5.41) is 3.28. The maximum Gasteiger partial charge on any atom is 0.271 e. The summed E-state index contributed by atoms with van der Waals surface area (Å²) in [6, 6.07) is 5.80. The molecule has 0 aromatic carbocycles. The molecule has 0 spiro atoms. The van der Waals surface area contributed by atoms with Gasteiger partial charge in [0.15, 0.2) is 5.82 Å². The van der Waals surface area contributed by atoms with Gasteiger partial charge in [-0.05, 0) is 31.9 Å². The first-order chi connectivity index (χ1) is 13.2. The first-order valence-electron chi connectivity index (χ1n) is 9.00. The number of nitrogens with zero attached hydrogens (tertiary/aromatic N) is 5. The van der Waals surface area contributed by atoms with Crippen molar-refractivity contribution in [3.8, 4) is 0 Å². The van der Waals surface area contributed by atoms with Gasteiger partial charge in [0.05, 0.1) is 18.2 Å². The number of hydrogen-bond acceptors (Lipinski definition) is 6. The van der Waals surface area contributed by atoms with E-state index in [1.807, 2.05) is 30.0 Å². The molecule has 0 saturated carbocycles. The van der Waals surface area contributed by atoms with E-state index < -0.39 is 0 Å². The number of hydrogen-bond donors (Lipinski definition) is 2. The molecule has 1 amide bonds. The highest BCUT2D eigenvalue weighted by atomic mass is 16.2. The van der Waals surface area contributed by atoms with E-state index in [0.717, 1.165) is 36.6 Å². The van der Waals surface area contributed by atoms with Gasteiger partial charge in [-0.25, -0.2) is 15.0 Å². The number of aryl methyl sites for hydroxylation is 1. The molecular weight excluding hydrogens is 342 g/mol. The van der Waals surface area contributed by atoms with Gasteiger partial charge < -0.3 is 15.2 Å². The van der Waals surface area contributed by atoms with Crippen molar-refractivity contribution in [3.63, 3.8) is 0 Å². The van der Waals surface area contributed by atoms with Crippen LogP contribution in [-0.4, -0.2) is 48.8 Å². The second-order valence-electron chi connectivity index (χ2n) is 6.63. The molecule has 0 radical (unpaired) electrons. The van der Waals surface area contributed by atoms with E-state index in [4.69, 9.17) is 0 Å². The highest BCUT2D eigenvalue weighted by Gasteiger charge is 2.28. The maximum atomic E-state index is 12.6. The second kappa shape index (κ2) is 7.53. The Labute approximate surface area is 157 Å². The molecule has 1 aliphatic rings. The highest BCUT2D eigenvalue weighted by molar-refractivity contribution is 5.92. The average molecular weight is 363 g/mol. The molecule has 0 unspecified atom stereocenters. The minimum absolute atomic E-state index is 0.0315. The molecule has 4 heterocycles. The van der Waals surface area contributed by atoms with Gasteiger partial charge in [0.25, 0.3) is 5.91 Å². The van der Waals surface area contributed by atoms with Gasteiger partial charge in [-0.15, -0.1) is 0 Å². The quantitative estimate of drug-likeness (QED) is 0.739. The van der Waals surface area contributed by atoms with E-state index in [2.05, 4.69) is 30.2 Å². The van der Waals surface area contributed by atoms with Crippen LogP contribution in [0, 0.1) is 6.92 Å². The number of piperidine rings is 1. The topological polar surface area (TPSA) is 99.7 Å². The molecule has 27 heavy (non-hydrogen) atoms. The van der Waals surface area contributed by atoms with Crippen molar-refractivity contribution >= 4 is 17.5 Å². The Bertz CT molecular complexity index is 925. The fraction of sp³-hybridized carbons (Fsp3) is 0.316. The van der Waals surface area contributed by atoms with Crippen LogP contribution in [0.2, 0.25) is 0 Å². The number of anilines is 2. The van der Waals surface area contributed by atoms with Crippen LogP contribution in [0.5, 0.6) is 0 Å². The average Bonchev–Trinajstić information content (AvgIpc) is 3.23. The Morgan fingerprint density at radius 2 is 2.19 bits per heavy atom. The monoisotopic (exact) mass is 363 g/mol. The highest BCUT2D eigenvalue weighted by Crippen LogP contribution is 2.30. The number of nitrogens with one attached hydrogen (secondary N) is 2. The molecule has 0 bridgehead atoms. The van der Waals surface area contributed by atoms with E-state index in [0.29, 0.717) is 18.1 Å². The van der Waals surface area contributed by atoms with E-state index in [1.165, 1.54) is 6.33 Å². The maximum absolute atomic E-state index is 12.6. The van der Waals surface area contributed by atoms with Gasteiger partial charge >= 0.3 is 0 Å². The van der Waals surface area contributed by atoms with Crippen LogP contribution in [0.4, 0.5) is 11.6 Å². The third-order valence-electron chi connectivity index (χ3n) is 4.69. The molecule has 3 aromatic rings. The van der Waals surface area contributed by atoms with Crippen molar-refractivity contribution in [2.24, 2.45) is 0 Å². The van der Waals surface area contributed by atoms with Gasteiger partial charge in [0.2, 0.25) is 0 Å². The lowest BCUT2D eigenvalue weighted by Crippen LogP contribution is -2.39. The number of carbonyl (C=O) groups excluding carboxylic acids is 1. The summed E-state index contributed by atoms with van der Waals surface area (Å²) in [6.45, 7) is 3.28. The zero-order valence-electron chi connectivity index (χ0n) is 15.1. The summed E-state index contributed by atoms with van der Waals surface area (Å²) < 4.78 is 0. The number of aromatic amines is 1. The molecule has 0 aliphatic carbocycles. The van der Waals surface area contributed by atoms with Crippen LogP contribution in [0.25, 0.3) is 0 Å². The first kappa shape index (κ1) is 17.1.